The maximum absolute atomic E-state index is 12.9. The number of aryl methyl sites for hydroxylation is 1. The lowest BCUT2D eigenvalue weighted by Gasteiger charge is -2.09. The van der Waals surface area contributed by atoms with Gasteiger partial charge in [-0.15, -0.1) is 0 Å². The van der Waals surface area contributed by atoms with Crippen molar-refractivity contribution < 1.29 is 9.50 Å². The summed E-state index contributed by atoms with van der Waals surface area (Å²) in [7, 11) is 0. The third kappa shape index (κ3) is 2.38. The van der Waals surface area contributed by atoms with E-state index in [4.69, 9.17) is 0 Å². The molecule has 0 unspecified atom stereocenters. The second kappa shape index (κ2) is 4.98. The lowest BCUT2D eigenvalue weighted by molar-refractivity contribution is 0.472. The second-order valence-electron chi connectivity index (χ2n) is 4.90. The number of phenolic OH excluding ortho intramolecular Hbond substituents is 1. The number of rotatable bonds is 2. The van der Waals surface area contributed by atoms with Crippen LogP contribution in [0.4, 0.5) is 4.39 Å². The molecule has 0 spiro atoms. The standard InChI is InChI=1S/C16H15FN2O/c1-10-2-7-16(20)13(8-10)15-9-14(18-19-15)11-3-5-12(17)6-4-11/h2-9,14,18-20H,1H3/t14-/m0/s1. The van der Waals surface area contributed by atoms with Crippen LogP contribution in [0.25, 0.3) is 5.70 Å². The third-order valence-corrected chi connectivity index (χ3v) is 3.37. The highest BCUT2D eigenvalue weighted by Gasteiger charge is 2.19. The van der Waals surface area contributed by atoms with E-state index in [1.54, 1.807) is 18.2 Å². The average Bonchev–Trinajstić information content (AvgIpc) is 2.92. The topological polar surface area (TPSA) is 44.3 Å². The first-order valence-corrected chi connectivity index (χ1v) is 6.42. The Kier molecular flexibility index (Phi) is 3.16. The van der Waals surface area contributed by atoms with Crippen molar-refractivity contribution in [3.63, 3.8) is 0 Å². The SMILES string of the molecule is Cc1ccc(O)c(C2=C[C@@H](c3ccc(F)cc3)NN2)c1. The lowest BCUT2D eigenvalue weighted by atomic mass is 10.0. The second-order valence-corrected chi connectivity index (χ2v) is 4.90. The van der Waals surface area contributed by atoms with E-state index in [-0.39, 0.29) is 17.6 Å². The molecule has 1 atom stereocenters. The minimum Gasteiger partial charge on any atom is -0.507 e. The van der Waals surface area contributed by atoms with Crippen LogP contribution in [-0.2, 0) is 0 Å². The smallest absolute Gasteiger partial charge is 0.124 e. The van der Waals surface area contributed by atoms with E-state index >= 15 is 0 Å². The summed E-state index contributed by atoms with van der Waals surface area (Å²) in [6.45, 7) is 1.98. The fourth-order valence-electron chi connectivity index (χ4n) is 2.28. The summed E-state index contributed by atoms with van der Waals surface area (Å²) in [5.74, 6) is -0.0175. The highest BCUT2D eigenvalue weighted by Crippen LogP contribution is 2.29. The van der Waals surface area contributed by atoms with Gasteiger partial charge in [0.25, 0.3) is 0 Å². The molecular weight excluding hydrogens is 255 g/mol. The number of benzene rings is 2. The molecule has 0 radical (unpaired) electrons. The number of hydrogen-bond donors (Lipinski definition) is 3. The number of nitrogens with one attached hydrogen (secondary N) is 2. The van der Waals surface area contributed by atoms with Gasteiger partial charge in [0.1, 0.15) is 11.6 Å². The molecule has 0 saturated carbocycles. The molecule has 0 amide bonds. The molecule has 4 heteroatoms. The van der Waals surface area contributed by atoms with Crippen molar-refractivity contribution in [3.05, 3.63) is 71.0 Å². The first-order valence-electron chi connectivity index (χ1n) is 6.42. The van der Waals surface area contributed by atoms with Crippen molar-refractivity contribution in [2.45, 2.75) is 13.0 Å². The van der Waals surface area contributed by atoms with Crippen molar-refractivity contribution in [2.75, 3.05) is 0 Å². The number of phenols is 1. The van der Waals surface area contributed by atoms with Gasteiger partial charge >= 0.3 is 0 Å². The lowest BCUT2D eigenvalue weighted by Crippen LogP contribution is -2.26. The van der Waals surface area contributed by atoms with Gasteiger partial charge in [0.2, 0.25) is 0 Å². The minimum atomic E-state index is -0.250. The molecule has 102 valence electrons. The van der Waals surface area contributed by atoms with E-state index < -0.39 is 0 Å². The molecule has 0 fully saturated rings. The van der Waals surface area contributed by atoms with Crippen LogP contribution in [0.2, 0.25) is 0 Å². The summed E-state index contributed by atoms with van der Waals surface area (Å²) in [5, 5.41) is 9.93. The van der Waals surface area contributed by atoms with Gasteiger partial charge in [-0.1, -0.05) is 23.8 Å². The van der Waals surface area contributed by atoms with Gasteiger partial charge in [0, 0.05) is 5.56 Å². The summed E-state index contributed by atoms with van der Waals surface area (Å²) in [5.41, 5.74) is 9.78. The molecule has 2 aromatic carbocycles. The molecule has 20 heavy (non-hydrogen) atoms. The Morgan fingerprint density at radius 1 is 1.10 bits per heavy atom. The van der Waals surface area contributed by atoms with E-state index in [1.807, 2.05) is 25.1 Å². The van der Waals surface area contributed by atoms with Crippen molar-refractivity contribution in [2.24, 2.45) is 0 Å². The summed E-state index contributed by atoms with van der Waals surface area (Å²) < 4.78 is 12.9. The molecule has 1 aliphatic rings. The zero-order valence-electron chi connectivity index (χ0n) is 11.0. The summed E-state index contributed by atoms with van der Waals surface area (Å²) in [6.07, 6.45) is 1.97. The molecule has 3 nitrogen and oxygen atoms in total. The van der Waals surface area contributed by atoms with Gasteiger partial charge in [-0.3, -0.25) is 0 Å². The molecule has 2 aromatic rings. The number of hydrogen-bond acceptors (Lipinski definition) is 3. The first-order chi connectivity index (χ1) is 9.63. The Bertz CT molecular complexity index is 665. The van der Waals surface area contributed by atoms with Crippen molar-refractivity contribution in [1.82, 2.24) is 10.9 Å². The van der Waals surface area contributed by atoms with E-state index in [0.29, 0.717) is 0 Å². The number of hydrazine groups is 1. The summed E-state index contributed by atoms with van der Waals surface area (Å²) in [6, 6.07) is 11.8. The summed E-state index contributed by atoms with van der Waals surface area (Å²) in [4.78, 5) is 0. The Balaban J connectivity index is 1.91. The Labute approximate surface area is 116 Å². The Morgan fingerprint density at radius 3 is 2.60 bits per heavy atom. The highest BCUT2D eigenvalue weighted by atomic mass is 19.1. The minimum absolute atomic E-state index is 0.0505. The zero-order chi connectivity index (χ0) is 14.1. The normalized spacial score (nSPS) is 17.7. The molecule has 0 aliphatic carbocycles. The predicted molar refractivity (Wildman–Crippen MR) is 76.2 cm³/mol. The molecule has 0 bridgehead atoms. The van der Waals surface area contributed by atoms with Crippen LogP contribution in [0.1, 0.15) is 22.7 Å². The van der Waals surface area contributed by atoms with Gasteiger partial charge < -0.3 is 10.5 Å². The molecule has 0 aromatic heterocycles. The molecule has 0 saturated heterocycles. The molecule has 3 rings (SSSR count). The van der Waals surface area contributed by atoms with Crippen molar-refractivity contribution in [1.29, 1.82) is 0 Å². The van der Waals surface area contributed by atoms with Crippen LogP contribution in [0, 0.1) is 12.7 Å². The van der Waals surface area contributed by atoms with Crippen LogP contribution in [0.3, 0.4) is 0 Å². The molecule has 1 aliphatic heterocycles. The molecule has 3 N–H and O–H groups in total. The van der Waals surface area contributed by atoms with E-state index in [9.17, 15) is 9.50 Å². The predicted octanol–water partition coefficient (Wildman–Crippen LogP) is 3.03. The fourth-order valence-corrected chi connectivity index (χ4v) is 2.28. The van der Waals surface area contributed by atoms with Crippen LogP contribution >= 0.6 is 0 Å². The van der Waals surface area contributed by atoms with Crippen LogP contribution in [-0.4, -0.2) is 5.11 Å². The van der Waals surface area contributed by atoms with Crippen LogP contribution in [0.15, 0.2) is 48.5 Å². The highest BCUT2D eigenvalue weighted by molar-refractivity contribution is 5.71. The van der Waals surface area contributed by atoms with Gasteiger partial charge in [0.05, 0.1) is 11.7 Å². The Hall–Kier alpha value is -2.33. The largest absolute Gasteiger partial charge is 0.507 e. The van der Waals surface area contributed by atoms with E-state index in [2.05, 4.69) is 10.9 Å². The number of halogens is 1. The fraction of sp³-hybridized carbons (Fsp3) is 0.125. The average molecular weight is 270 g/mol. The number of aromatic hydroxyl groups is 1. The van der Waals surface area contributed by atoms with Gasteiger partial charge in [0.15, 0.2) is 0 Å². The Morgan fingerprint density at radius 2 is 1.85 bits per heavy atom. The van der Waals surface area contributed by atoms with Crippen LogP contribution < -0.4 is 10.9 Å². The first kappa shape index (κ1) is 12.7. The monoisotopic (exact) mass is 270 g/mol. The molecular formula is C16H15FN2O. The van der Waals surface area contributed by atoms with E-state index in [0.717, 1.165) is 22.4 Å². The summed E-state index contributed by atoms with van der Waals surface area (Å²) >= 11 is 0. The quantitative estimate of drug-likeness (QED) is 0.786. The molecule has 1 heterocycles. The maximum atomic E-state index is 12.9. The zero-order valence-corrected chi connectivity index (χ0v) is 11.0. The van der Waals surface area contributed by atoms with Gasteiger partial charge in [-0.2, -0.15) is 0 Å². The van der Waals surface area contributed by atoms with Gasteiger partial charge in [-0.05, 0) is 42.8 Å². The van der Waals surface area contributed by atoms with Crippen molar-refractivity contribution >= 4 is 5.70 Å². The van der Waals surface area contributed by atoms with E-state index in [1.165, 1.54) is 12.1 Å². The van der Waals surface area contributed by atoms with Gasteiger partial charge in [-0.25, -0.2) is 9.82 Å². The third-order valence-electron chi connectivity index (χ3n) is 3.37. The van der Waals surface area contributed by atoms with Crippen LogP contribution in [0.5, 0.6) is 5.75 Å². The van der Waals surface area contributed by atoms with Crippen molar-refractivity contribution in [3.8, 4) is 5.75 Å². The maximum Gasteiger partial charge on any atom is 0.124 e.